The second-order valence-electron chi connectivity index (χ2n) is 9.79. The summed E-state index contributed by atoms with van der Waals surface area (Å²) in [6.07, 6.45) is 1.53. The Labute approximate surface area is 272 Å². The third-order valence-corrected chi connectivity index (χ3v) is 8.03. The maximum Gasteiger partial charge on any atom is 0.271 e. The molecule has 0 unspecified atom stereocenters. The van der Waals surface area contributed by atoms with E-state index in [1.54, 1.807) is 30.3 Å². The number of hydrogen-bond donors (Lipinski definition) is 3. The first kappa shape index (κ1) is 30.9. The third-order valence-electron chi connectivity index (χ3n) is 6.40. The van der Waals surface area contributed by atoms with E-state index in [4.69, 9.17) is 16.3 Å². The van der Waals surface area contributed by atoms with Crippen LogP contribution in [0.1, 0.15) is 27.0 Å². The van der Waals surface area contributed by atoms with Gasteiger partial charge in [-0.1, -0.05) is 35.9 Å². The highest BCUT2D eigenvalue weighted by Gasteiger charge is 2.10. The van der Waals surface area contributed by atoms with Crippen LogP contribution in [0, 0.1) is 13.8 Å². The van der Waals surface area contributed by atoms with Crippen LogP contribution in [0.25, 0.3) is 11.3 Å². The molecule has 3 N–H and O–H groups in total. The number of thiazole rings is 1. The van der Waals surface area contributed by atoms with Crippen molar-refractivity contribution in [3.05, 3.63) is 122 Å². The fourth-order valence-corrected chi connectivity index (χ4v) is 5.43. The topological polar surface area (TPSA) is 105 Å². The normalized spacial score (nSPS) is 10.9. The smallest absolute Gasteiger partial charge is 0.271 e. The molecule has 5 aromatic rings. The average Bonchev–Trinajstić information content (AvgIpc) is 3.48. The number of rotatable bonds is 10. The molecule has 0 atom stereocenters. The maximum absolute atomic E-state index is 12.6. The number of carbonyl (C=O) groups excluding carboxylic acids is 2. The van der Waals surface area contributed by atoms with Crippen molar-refractivity contribution in [2.24, 2.45) is 5.10 Å². The van der Waals surface area contributed by atoms with Crippen LogP contribution in [-0.2, 0) is 4.79 Å². The summed E-state index contributed by atoms with van der Waals surface area (Å²) in [4.78, 5) is 29.6. The molecule has 0 spiro atoms. The molecule has 222 valence electrons. The van der Waals surface area contributed by atoms with Gasteiger partial charge in [-0.15, -0.1) is 11.3 Å². The quantitative estimate of drug-likeness (QED) is 0.101. The zero-order valence-electron chi connectivity index (χ0n) is 23.7. The minimum Gasteiger partial charge on any atom is -0.483 e. The van der Waals surface area contributed by atoms with Gasteiger partial charge < -0.3 is 15.4 Å². The summed E-state index contributed by atoms with van der Waals surface area (Å²) in [5.41, 5.74) is 9.13. The molecule has 5 rings (SSSR count). The van der Waals surface area contributed by atoms with Crippen LogP contribution in [0.15, 0.2) is 99.9 Å². The standard InChI is InChI=1S/C33H27BrClN5O3S/c1-20-3-4-21(2)28(15-20)38-31(41)18-43-30-14-5-22(16-27(30)34)17-36-40-32(42)24-8-6-23(7-9-24)29-19-44-33(39-29)37-26-12-10-25(35)11-13-26/h3-17,19H,18H2,1-2H3,(H,37,39)(H,38,41)(H,40,42)/b36-17-. The van der Waals surface area contributed by atoms with Crippen LogP contribution >= 0.6 is 38.9 Å². The van der Waals surface area contributed by atoms with Crippen LogP contribution in [-0.4, -0.2) is 29.6 Å². The molecular weight excluding hydrogens is 662 g/mol. The van der Waals surface area contributed by atoms with Gasteiger partial charge in [0.15, 0.2) is 11.7 Å². The zero-order chi connectivity index (χ0) is 31.1. The van der Waals surface area contributed by atoms with E-state index in [-0.39, 0.29) is 18.4 Å². The number of amides is 2. The van der Waals surface area contributed by atoms with Gasteiger partial charge in [0.2, 0.25) is 0 Å². The van der Waals surface area contributed by atoms with Crippen molar-refractivity contribution in [1.29, 1.82) is 0 Å². The molecule has 0 radical (unpaired) electrons. The first-order valence-electron chi connectivity index (χ1n) is 13.4. The lowest BCUT2D eigenvalue weighted by Gasteiger charge is -2.11. The number of carbonyl (C=O) groups is 2. The second-order valence-corrected chi connectivity index (χ2v) is 11.9. The van der Waals surface area contributed by atoms with Crippen molar-refractivity contribution in [2.75, 3.05) is 17.2 Å². The van der Waals surface area contributed by atoms with Crippen molar-refractivity contribution in [3.8, 4) is 17.0 Å². The Hall–Kier alpha value is -4.51. The molecule has 0 aliphatic heterocycles. The van der Waals surface area contributed by atoms with Crippen molar-refractivity contribution in [2.45, 2.75) is 13.8 Å². The number of aryl methyl sites for hydroxylation is 2. The molecule has 0 fully saturated rings. The number of ether oxygens (including phenoxy) is 1. The first-order chi connectivity index (χ1) is 21.2. The van der Waals surface area contributed by atoms with Gasteiger partial charge in [0.25, 0.3) is 11.8 Å². The molecule has 0 aliphatic rings. The van der Waals surface area contributed by atoms with Gasteiger partial charge in [0.1, 0.15) is 5.75 Å². The first-order valence-corrected chi connectivity index (χ1v) is 15.5. The van der Waals surface area contributed by atoms with Crippen molar-refractivity contribution >= 4 is 73.4 Å². The van der Waals surface area contributed by atoms with Crippen molar-refractivity contribution in [3.63, 3.8) is 0 Å². The molecule has 11 heteroatoms. The summed E-state index contributed by atoms with van der Waals surface area (Å²) in [5.74, 6) is -0.0880. The fraction of sp³-hybridized carbons (Fsp3) is 0.0909. The number of aromatic nitrogens is 1. The van der Waals surface area contributed by atoms with Gasteiger partial charge in [0.05, 0.1) is 16.4 Å². The van der Waals surface area contributed by atoms with Crippen LogP contribution < -0.4 is 20.8 Å². The summed E-state index contributed by atoms with van der Waals surface area (Å²) < 4.78 is 6.33. The van der Waals surface area contributed by atoms with E-state index >= 15 is 0 Å². The molecule has 0 saturated heterocycles. The molecule has 2 amide bonds. The van der Waals surface area contributed by atoms with Gasteiger partial charge in [-0.25, -0.2) is 10.4 Å². The molecule has 0 bridgehead atoms. The number of hydrazone groups is 1. The van der Waals surface area contributed by atoms with E-state index in [1.807, 2.05) is 73.8 Å². The number of anilines is 3. The Morgan fingerprint density at radius 2 is 1.77 bits per heavy atom. The fourth-order valence-electron chi connectivity index (χ4n) is 4.06. The predicted molar refractivity (Wildman–Crippen MR) is 182 cm³/mol. The van der Waals surface area contributed by atoms with Gasteiger partial charge in [-0.05, 0) is 107 Å². The largest absolute Gasteiger partial charge is 0.483 e. The van der Waals surface area contributed by atoms with Gasteiger partial charge in [-0.3, -0.25) is 9.59 Å². The van der Waals surface area contributed by atoms with E-state index in [1.165, 1.54) is 17.6 Å². The lowest BCUT2D eigenvalue weighted by Crippen LogP contribution is -2.20. The number of benzene rings is 4. The van der Waals surface area contributed by atoms with E-state index in [0.717, 1.165) is 44.5 Å². The number of nitrogens with one attached hydrogen (secondary N) is 3. The number of halogens is 2. The Balaban J connectivity index is 1.11. The second kappa shape index (κ2) is 14.3. The third kappa shape index (κ3) is 8.31. The van der Waals surface area contributed by atoms with Crippen molar-refractivity contribution in [1.82, 2.24) is 10.4 Å². The Kier molecular flexibility index (Phi) is 10.1. The summed E-state index contributed by atoms with van der Waals surface area (Å²) >= 11 is 10.9. The Morgan fingerprint density at radius 1 is 1.00 bits per heavy atom. The Bertz CT molecular complexity index is 1820. The monoisotopic (exact) mass is 687 g/mol. The molecule has 4 aromatic carbocycles. The molecule has 0 aliphatic carbocycles. The van der Waals surface area contributed by atoms with Crippen LogP contribution in [0.3, 0.4) is 0 Å². The highest BCUT2D eigenvalue weighted by molar-refractivity contribution is 9.10. The van der Waals surface area contributed by atoms with Crippen LogP contribution in [0.2, 0.25) is 5.02 Å². The zero-order valence-corrected chi connectivity index (χ0v) is 26.9. The van der Waals surface area contributed by atoms with E-state index in [2.05, 4.69) is 42.1 Å². The summed E-state index contributed by atoms with van der Waals surface area (Å²) in [7, 11) is 0. The van der Waals surface area contributed by atoms with E-state index < -0.39 is 0 Å². The lowest BCUT2D eigenvalue weighted by molar-refractivity contribution is -0.118. The molecule has 0 saturated carbocycles. The molecule has 1 heterocycles. The molecule has 1 aromatic heterocycles. The summed E-state index contributed by atoms with van der Waals surface area (Å²) in [5, 5.41) is 13.6. The summed E-state index contributed by atoms with van der Waals surface area (Å²) in [6, 6.07) is 25.7. The number of hydrogen-bond acceptors (Lipinski definition) is 7. The molecule has 44 heavy (non-hydrogen) atoms. The van der Waals surface area contributed by atoms with Gasteiger partial charge in [-0.2, -0.15) is 5.10 Å². The predicted octanol–water partition coefficient (Wildman–Crippen LogP) is 8.37. The van der Waals surface area contributed by atoms with Crippen LogP contribution in [0.5, 0.6) is 5.75 Å². The maximum atomic E-state index is 12.6. The average molecular weight is 689 g/mol. The molecule has 8 nitrogen and oxygen atoms in total. The SMILES string of the molecule is Cc1ccc(C)c(NC(=O)COc2ccc(/C=N\NC(=O)c3ccc(-c4csc(Nc5ccc(Cl)cc5)n4)cc3)cc2Br)c1. The van der Waals surface area contributed by atoms with E-state index in [9.17, 15) is 9.59 Å². The van der Waals surface area contributed by atoms with Gasteiger partial charge >= 0.3 is 0 Å². The minimum atomic E-state index is -0.343. The van der Waals surface area contributed by atoms with Crippen molar-refractivity contribution < 1.29 is 14.3 Å². The molecular formula is C33H27BrClN5O3S. The Morgan fingerprint density at radius 3 is 2.52 bits per heavy atom. The van der Waals surface area contributed by atoms with Crippen LogP contribution in [0.4, 0.5) is 16.5 Å². The summed E-state index contributed by atoms with van der Waals surface area (Å²) in [6.45, 7) is 3.77. The lowest BCUT2D eigenvalue weighted by atomic mass is 10.1. The number of nitrogens with zero attached hydrogens (tertiary/aromatic N) is 2. The van der Waals surface area contributed by atoms with Gasteiger partial charge in [0, 0.05) is 32.9 Å². The van der Waals surface area contributed by atoms with E-state index in [0.29, 0.717) is 20.8 Å². The minimum absolute atomic E-state index is 0.141. The highest BCUT2D eigenvalue weighted by atomic mass is 79.9. The highest BCUT2D eigenvalue weighted by Crippen LogP contribution is 2.28.